The Hall–Kier alpha value is -2.66. The molecule has 2 aromatic carbocycles. The van der Waals surface area contributed by atoms with Crippen molar-refractivity contribution in [2.24, 2.45) is 17.8 Å². The molecule has 2 aromatic rings. The van der Waals surface area contributed by atoms with Gasteiger partial charge in [-0.05, 0) is 43.0 Å². The van der Waals surface area contributed by atoms with Gasteiger partial charge in [0.15, 0.2) is 0 Å². The third-order valence-electron chi connectivity index (χ3n) is 6.48. The van der Waals surface area contributed by atoms with Crippen molar-refractivity contribution in [3.63, 3.8) is 0 Å². The molecule has 1 fully saturated rings. The number of carbonyl (C=O) groups excluding carboxylic acids is 1. The zero-order valence-electron chi connectivity index (χ0n) is 16.2. The van der Waals surface area contributed by atoms with Gasteiger partial charge in [0.1, 0.15) is 5.78 Å². The highest BCUT2D eigenvalue weighted by atomic mass is 32.2. The highest BCUT2D eigenvalue weighted by Gasteiger charge is 2.53. The van der Waals surface area contributed by atoms with Gasteiger partial charge in [-0.3, -0.25) is 9.10 Å². The molecule has 1 saturated carbocycles. The SMILES string of the molecule is Cc1ccc(S(=O)(=O)N2C=C(c3ccccc3)[C@H]3C[C@@H]4CC=C[C@@H](C4=O)[C@H]32)cc1. The molecule has 3 aliphatic rings. The quantitative estimate of drug-likeness (QED) is 0.720. The third-order valence-corrected chi connectivity index (χ3v) is 8.25. The van der Waals surface area contributed by atoms with Crippen molar-refractivity contribution < 1.29 is 13.2 Å². The molecule has 1 heterocycles. The first kappa shape index (κ1) is 18.4. The fraction of sp³-hybridized carbons (Fsp3) is 0.292. The van der Waals surface area contributed by atoms with Crippen LogP contribution < -0.4 is 0 Å². The van der Waals surface area contributed by atoms with Gasteiger partial charge in [0.05, 0.1) is 16.9 Å². The van der Waals surface area contributed by atoms with Crippen molar-refractivity contribution in [3.05, 3.63) is 84.1 Å². The first-order chi connectivity index (χ1) is 14.0. The molecule has 4 atom stereocenters. The van der Waals surface area contributed by atoms with E-state index in [4.69, 9.17) is 0 Å². The van der Waals surface area contributed by atoms with Crippen LogP contribution in [0.1, 0.15) is 24.0 Å². The Morgan fingerprint density at radius 1 is 1.00 bits per heavy atom. The second-order valence-corrected chi connectivity index (χ2v) is 10.1. The van der Waals surface area contributed by atoms with E-state index in [9.17, 15) is 13.2 Å². The largest absolute Gasteiger partial charge is 0.299 e. The minimum atomic E-state index is -3.76. The van der Waals surface area contributed by atoms with Gasteiger partial charge < -0.3 is 0 Å². The van der Waals surface area contributed by atoms with Crippen LogP contribution >= 0.6 is 0 Å². The number of rotatable bonds is 3. The Labute approximate surface area is 171 Å². The number of Topliss-reactive ketones (excluding diaryl/α,β-unsaturated/α-hetero) is 1. The lowest BCUT2D eigenvalue weighted by Gasteiger charge is -2.42. The average Bonchev–Trinajstić information content (AvgIpc) is 3.09. The van der Waals surface area contributed by atoms with Crippen molar-refractivity contribution in [3.8, 4) is 0 Å². The first-order valence-electron chi connectivity index (χ1n) is 10.0. The lowest BCUT2D eigenvalue weighted by molar-refractivity contribution is -0.130. The summed E-state index contributed by atoms with van der Waals surface area (Å²) >= 11 is 0. The molecule has 0 aromatic heterocycles. The van der Waals surface area contributed by atoms with E-state index in [-0.39, 0.29) is 28.4 Å². The number of ketones is 1. The van der Waals surface area contributed by atoms with Crippen molar-refractivity contribution in [1.29, 1.82) is 0 Å². The molecular weight excluding hydrogens is 382 g/mol. The van der Waals surface area contributed by atoms with Gasteiger partial charge >= 0.3 is 0 Å². The monoisotopic (exact) mass is 405 g/mol. The van der Waals surface area contributed by atoms with Crippen molar-refractivity contribution in [2.45, 2.75) is 30.7 Å². The lowest BCUT2D eigenvalue weighted by atomic mass is 9.65. The molecule has 1 aliphatic heterocycles. The van der Waals surface area contributed by atoms with Crippen LogP contribution in [-0.4, -0.2) is 24.5 Å². The Morgan fingerprint density at radius 2 is 1.72 bits per heavy atom. The molecule has 0 saturated heterocycles. The molecule has 0 spiro atoms. The van der Waals surface area contributed by atoms with Gasteiger partial charge in [-0.15, -0.1) is 0 Å². The number of benzene rings is 2. The number of hydrogen-bond donors (Lipinski definition) is 0. The van der Waals surface area contributed by atoms with Crippen LogP contribution in [0.3, 0.4) is 0 Å². The van der Waals surface area contributed by atoms with Gasteiger partial charge in [-0.1, -0.05) is 60.2 Å². The van der Waals surface area contributed by atoms with E-state index >= 15 is 0 Å². The summed E-state index contributed by atoms with van der Waals surface area (Å²) in [5.41, 5.74) is 3.05. The van der Waals surface area contributed by atoms with Crippen molar-refractivity contribution in [2.75, 3.05) is 0 Å². The number of hydrogen-bond acceptors (Lipinski definition) is 3. The molecule has 29 heavy (non-hydrogen) atoms. The normalized spacial score (nSPS) is 28.2. The van der Waals surface area contributed by atoms with Crippen LogP contribution in [0.4, 0.5) is 0 Å². The van der Waals surface area contributed by atoms with Crippen LogP contribution in [0.2, 0.25) is 0 Å². The second-order valence-electron chi connectivity index (χ2n) is 8.22. The fourth-order valence-electron chi connectivity index (χ4n) is 5.01. The van der Waals surface area contributed by atoms with Gasteiger partial charge in [0, 0.05) is 18.0 Å². The number of aryl methyl sites for hydroxylation is 1. The fourth-order valence-corrected chi connectivity index (χ4v) is 6.58. The maximum atomic E-state index is 13.6. The Kier molecular flexibility index (Phi) is 4.24. The van der Waals surface area contributed by atoms with Crippen molar-refractivity contribution in [1.82, 2.24) is 4.31 Å². The van der Waals surface area contributed by atoms with E-state index in [1.54, 1.807) is 18.3 Å². The molecule has 2 aliphatic carbocycles. The molecular formula is C24H23NO3S. The predicted molar refractivity (Wildman–Crippen MR) is 112 cm³/mol. The molecule has 4 nitrogen and oxygen atoms in total. The summed E-state index contributed by atoms with van der Waals surface area (Å²) in [6, 6.07) is 16.5. The molecule has 0 unspecified atom stereocenters. The predicted octanol–water partition coefficient (Wildman–Crippen LogP) is 4.19. The lowest BCUT2D eigenvalue weighted by Crippen LogP contribution is -2.51. The van der Waals surface area contributed by atoms with E-state index in [1.165, 1.54) is 4.31 Å². The minimum absolute atomic E-state index is 0.0135. The molecule has 5 rings (SSSR count). The van der Waals surface area contributed by atoms with E-state index in [0.717, 1.165) is 23.1 Å². The van der Waals surface area contributed by atoms with Gasteiger partial charge in [0.2, 0.25) is 0 Å². The highest BCUT2D eigenvalue weighted by Crippen LogP contribution is 2.50. The molecule has 148 valence electrons. The Balaban J connectivity index is 1.65. The van der Waals surface area contributed by atoms with Crippen LogP contribution in [0.15, 0.2) is 77.8 Å². The molecule has 5 heteroatoms. The summed E-state index contributed by atoms with van der Waals surface area (Å²) in [4.78, 5) is 13.2. The van der Waals surface area contributed by atoms with E-state index < -0.39 is 16.1 Å². The molecule has 0 N–H and O–H groups in total. The number of nitrogens with zero attached hydrogens (tertiary/aromatic N) is 1. The van der Waals surface area contributed by atoms with Crippen LogP contribution in [0, 0.1) is 24.7 Å². The van der Waals surface area contributed by atoms with E-state index in [0.29, 0.717) is 6.42 Å². The number of sulfonamides is 1. The minimum Gasteiger partial charge on any atom is -0.299 e. The zero-order chi connectivity index (χ0) is 20.2. The van der Waals surface area contributed by atoms with Gasteiger partial charge in [-0.25, -0.2) is 8.42 Å². The topological polar surface area (TPSA) is 54.5 Å². The highest BCUT2D eigenvalue weighted by molar-refractivity contribution is 7.89. The summed E-state index contributed by atoms with van der Waals surface area (Å²) in [6.45, 7) is 1.93. The Bertz CT molecular complexity index is 1120. The van der Waals surface area contributed by atoms with E-state index in [2.05, 4.69) is 0 Å². The standard InChI is InChI=1S/C24H23NO3S/c1-16-10-12-19(13-11-16)29(27,28)25-15-22(17-6-3-2-4-7-17)21-14-18-8-5-9-20(23(21)25)24(18)26/h2-7,9-13,15,18,20-21,23H,8,14H2,1H3/t18-,20+,21+,23+/m0/s1. The van der Waals surface area contributed by atoms with Gasteiger partial charge in [-0.2, -0.15) is 0 Å². The van der Waals surface area contributed by atoms with Crippen LogP contribution in [0.25, 0.3) is 5.57 Å². The summed E-state index contributed by atoms with van der Waals surface area (Å²) in [6.07, 6.45) is 7.21. The number of fused-ring (bicyclic) bond motifs is 4. The molecule has 2 bridgehead atoms. The Morgan fingerprint density at radius 3 is 2.45 bits per heavy atom. The van der Waals surface area contributed by atoms with Crippen molar-refractivity contribution >= 4 is 21.4 Å². The summed E-state index contributed by atoms with van der Waals surface area (Å²) < 4.78 is 28.7. The third kappa shape index (κ3) is 2.87. The van der Waals surface area contributed by atoms with Gasteiger partial charge in [0.25, 0.3) is 10.0 Å². The zero-order valence-corrected chi connectivity index (χ0v) is 17.0. The van der Waals surface area contributed by atoms with E-state index in [1.807, 2.05) is 61.5 Å². The first-order valence-corrected chi connectivity index (χ1v) is 11.5. The second kappa shape index (κ2) is 6.70. The maximum Gasteiger partial charge on any atom is 0.264 e. The number of allylic oxidation sites excluding steroid dienone is 1. The van der Waals surface area contributed by atoms with Crippen LogP contribution in [0.5, 0.6) is 0 Å². The average molecular weight is 406 g/mol. The molecule has 0 radical (unpaired) electrons. The smallest absolute Gasteiger partial charge is 0.264 e. The number of carbonyl (C=O) groups is 1. The molecule has 0 amide bonds. The summed E-state index contributed by atoms with van der Waals surface area (Å²) in [7, 11) is -3.76. The van der Waals surface area contributed by atoms with Crippen LogP contribution in [-0.2, 0) is 14.8 Å². The maximum absolute atomic E-state index is 13.6. The summed E-state index contributed by atoms with van der Waals surface area (Å²) in [5, 5.41) is 0. The summed E-state index contributed by atoms with van der Waals surface area (Å²) in [5.74, 6) is -0.193.